The first-order valence-corrected chi connectivity index (χ1v) is 13.1. The third kappa shape index (κ3) is 4.49. The van der Waals surface area contributed by atoms with Crippen LogP contribution in [0.2, 0.25) is 0 Å². The maximum absolute atomic E-state index is 11.5. The van der Waals surface area contributed by atoms with E-state index in [0.29, 0.717) is 0 Å². The van der Waals surface area contributed by atoms with E-state index < -0.39 is 5.41 Å². The van der Waals surface area contributed by atoms with Crippen LogP contribution in [0.25, 0.3) is 21.7 Å². The number of allylic oxidation sites excluding steroid dienone is 2. The van der Waals surface area contributed by atoms with Crippen molar-refractivity contribution in [3.63, 3.8) is 0 Å². The summed E-state index contributed by atoms with van der Waals surface area (Å²) >= 11 is 0. The van der Waals surface area contributed by atoms with Crippen molar-refractivity contribution in [2.24, 2.45) is 16.2 Å². The number of rotatable bonds is 1. The van der Waals surface area contributed by atoms with Gasteiger partial charge in [0.15, 0.2) is 5.78 Å². The number of aromatic nitrogens is 1. The first-order valence-electron chi connectivity index (χ1n) is 13.1. The smallest absolute Gasteiger partial charge is 0.164 e. The van der Waals surface area contributed by atoms with Gasteiger partial charge in [-0.05, 0) is 45.7 Å². The van der Waals surface area contributed by atoms with Gasteiger partial charge in [-0.25, -0.2) is 0 Å². The van der Waals surface area contributed by atoms with E-state index in [2.05, 4.69) is 64.2 Å². The fraction of sp³-hybridized carbons (Fsp3) is 0.515. The molecular formula is C33H42IrNO2-. The number of carbonyl (C=O) groups excluding carboxylic acids is 1. The summed E-state index contributed by atoms with van der Waals surface area (Å²) in [5, 5.41) is 13.3. The minimum absolute atomic E-state index is 0. The molecule has 37 heavy (non-hydrogen) atoms. The van der Waals surface area contributed by atoms with Gasteiger partial charge >= 0.3 is 0 Å². The van der Waals surface area contributed by atoms with Crippen LogP contribution in [0.15, 0.2) is 48.4 Å². The second-order valence-electron chi connectivity index (χ2n) is 13.8. The zero-order chi connectivity index (χ0) is 26.9. The van der Waals surface area contributed by atoms with E-state index in [-0.39, 0.29) is 53.3 Å². The molecule has 0 saturated heterocycles. The predicted molar refractivity (Wildman–Crippen MR) is 150 cm³/mol. The fourth-order valence-electron chi connectivity index (χ4n) is 6.07. The van der Waals surface area contributed by atoms with Gasteiger partial charge < -0.3 is 10.1 Å². The van der Waals surface area contributed by atoms with Gasteiger partial charge in [-0.3, -0.25) is 4.79 Å². The minimum Gasteiger partial charge on any atom is -0.512 e. The van der Waals surface area contributed by atoms with Gasteiger partial charge in [-0.1, -0.05) is 81.4 Å². The molecule has 1 radical (unpaired) electrons. The summed E-state index contributed by atoms with van der Waals surface area (Å²) in [4.78, 5) is 16.4. The van der Waals surface area contributed by atoms with Gasteiger partial charge in [0.05, 0.1) is 0 Å². The molecule has 2 aliphatic carbocycles. The molecule has 2 atom stereocenters. The summed E-state index contributed by atoms with van der Waals surface area (Å²) in [5.41, 5.74) is 4.15. The Kier molecular flexibility index (Phi) is 7.43. The monoisotopic (exact) mass is 677 g/mol. The minimum atomic E-state index is -0.417. The maximum Gasteiger partial charge on any atom is 0.164 e. The number of nitrogens with zero attached hydrogens (tertiary/aromatic N) is 1. The van der Waals surface area contributed by atoms with Crippen molar-refractivity contribution in [2.75, 3.05) is 0 Å². The number of ketones is 1. The molecule has 2 aromatic carbocycles. The Bertz CT molecular complexity index is 1390. The van der Waals surface area contributed by atoms with E-state index in [4.69, 9.17) is 4.98 Å². The quantitative estimate of drug-likeness (QED) is 0.122. The topological polar surface area (TPSA) is 50.2 Å². The van der Waals surface area contributed by atoms with Gasteiger partial charge in [0.25, 0.3) is 0 Å². The van der Waals surface area contributed by atoms with Crippen molar-refractivity contribution < 1.29 is 30.0 Å². The molecule has 0 spiro atoms. The molecule has 201 valence electrons. The van der Waals surface area contributed by atoms with Gasteiger partial charge in [0.1, 0.15) is 5.76 Å². The second kappa shape index (κ2) is 9.31. The van der Waals surface area contributed by atoms with Crippen LogP contribution < -0.4 is 0 Å². The number of aliphatic hydroxyl groups is 1. The molecule has 2 bridgehead atoms. The van der Waals surface area contributed by atoms with E-state index >= 15 is 0 Å². The van der Waals surface area contributed by atoms with Gasteiger partial charge in [0.2, 0.25) is 0 Å². The Labute approximate surface area is 236 Å². The van der Waals surface area contributed by atoms with Crippen molar-refractivity contribution in [1.82, 2.24) is 4.98 Å². The Morgan fingerprint density at radius 2 is 1.59 bits per heavy atom. The molecule has 1 aromatic heterocycles. The summed E-state index contributed by atoms with van der Waals surface area (Å²) in [6.07, 6.45) is 6.06. The molecule has 2 unspecified atom stereocenters. The van der Waals surface area contributed by atoms with E-state index in [1.54, 1.807) is 5.56 Å². The Morgan fingerprint density at radius 1 is 0.973 bits per heavy atom. The van der Waals surface area contributed by atoms with Crippen LogP contribution in [0, 0.1) is 22.3 Å². The third-order valence-corrected chi connectivity index (χ3v) is 9.48. The van der Waals surface area contributed by atoms with Crippen molar-refractivity contribution in [2.45, 2.75) is 92.9 Å². The zero-order valence-electron chi connectivity index (χ0n) is 24.1. The van der Waals surface area contributed by atoms with Crippen molar-refractivity contribution in [3.8, 4) is 0 Å². The molecule has 1 N–H and O–H groups in total. The third-order valence-electron chi connectivity index (χ3n) is 9.48. The molecule has 4 heteroatoms. The predicted octanol–water partition coefficient (Wildman–Crippen LogP) is 8.62. The maximum atomic E-state index is 11.5. The van der Waals surface area contributed by atoms with E-state index in [9.17, 15) is 9.90 Å². The van der Waals surface area contributed by atoms with Crippen molar-refractivity contribution in [3.05, 3.63) is 65.6 Å². The summed E-state index contributed by atoms with van der Waals surface area (Å²) in [7, 11) is 0. The first kappa shape index (κ1) is 29.5. The molecular weight excluding hydrogens is 635 g/mol. The number of carbonyl (C=O) groups is 1. The molecule has 5 rings (SSSR count). The van der Waals surface area contributed by atoms with Gasteiger partial charge in [0, 0.05) is 48.6 Å². The summed E-state index contributed by atoms with van der Waals surface area (Å²) in [6.45, 7) is 21.0. The molecule has 3 aromatic rings. The van der Waals surface area contributed by atoms with Crippen LogP contribution in [0.3, 0.4) is 0 Å². The number of benzene rings is 2. The van der Waals surface area contributed by atoms with Crippen LogP contribution in [0.5, 0.6) is 0 Å². The van der Waals surface area contributed by atoms with Crippen molar-refractivity contribution >= 4 is 27.5 Å². The molecule has 1 fully saturated rings. The van der Waals surface area contributed by atoms with Crippen LogP contribution in [-0.2, 0) is 35.7 Å². The van der Waals surface area contributed by atoms with E-state index in [0.717, 1.165) is 10.9 Å². The summed E-state index contributed by atoms with van der Waals surface area (Å²) in [6, 6.07) is 14.1. The number of hydrogen-bond donors (Lipinski definition) is 1. The average molecular weight is 677 g/mol. The number of hydrogen-bond acceptors (Lipinski definition) is 3. The Hall–Kier alpha value is -2.03. The average Bonchev–Trinajstić information content (AvgIpc) is 3.05. The zero-order valence-corrected chi connectivity index (χ0v) is 26.5. The molecule has 2 aliphatic rings. The second-order valence-corrected chi connectivity index (χ2v) is 13.8. The van der Waals surface area contributed by atoms with Gasteiger partial charge in [-0.15, -0.1) is 35.0 Å². The van der Waals surface area contributed by atoms with E-state index in [1.807, 2.05) is 47.6 Å². The molecule has 0 amide bonds. The SMILES string of the molecule is CC(C)(C)C(=O)C=C(O)C(C)(C)C.CC12CCC(C)(c3c1cnc1c3ccc3ccc[c-]c31)C2(C)C.[Ir]. The molecule has 1 saturated carbocycles. The molecule has 0 aliphatic heterocycles. The fourth-order valence-corrected chi connectivity index (χ4v) is 6.07. The summed E-state index contributed by atoms with van der Waals surface area (Å²) < 4.78 is 0. The van der Waals surface area contributed by atoms with Crippen LogP contribution in [-0.4, -0.2) is 15.9 Å². The Morgan fingerprint density at radius 3 is 2.19 bits per heavy atom. The number of pyridine rings is 1. The number of aliphatic hydroxyl groups excluding tert-OH is 1. The van der Waals surface area contributed by atoms with Gasteiger partial charge in [-0.2, -0.15) is 0 Å². The van der Waals surface area contributed by atoms with Crippen LogP contribution >= 0.6 is 0 Å². The standard InChI is InChI=1S/C22H22N.C11H20O2.Ir/c1-20(2)21(3)11-12-22(20,4)18-16-10-9-14-7-5-6-8-15(14)19(16)23-13-17(18)21;1-10(2,3)8(12)7-9(13)11(4,5)6;/h5-7,9-10,13H,11-12H2,1-4H3;7,12H,1-6H3;/q-1;;. The molecule has 1 heterocycles. The summed E-state index contributed by atoms with van der Waals surface area (Å²) in [5.74, 6) is 0.104. The first-order chi connectivity index (χ1) is 16.4. The van der Waals surface area contributed by atoms with Crippen LogP contribution in [0.4, 0.5) is 0 Å². The van der Waals surface area contributed by atoms with Crippen molar-refractivity contribution in [1.29, 1.82) is 0 Å². The number of fused-ring (bicyclic) bond motifs is 9. The largest absolute Gasteiger partial charge is 0.512 e. The molecule has 3 nitrogen and oxygen atoms in total. The van der Waals surface area contributed by atoms with Crippen LogP contribution in [0.1, 0.15) is 93.2 Å². The van der Waals surface area contributed by atoms with E-state index in [1.165, 1.54) is 35.3 Å². The normalized spacial score (nSPS) is 24.3. The Balaban J connectivity index is 0.000000237.